The van der Waals surface area contributed by atoms with Crippen molar-refractivity contribution in [1.29, 1.82) is 0 Å². The molecular formula is C14H17N3O5S2. The summed E-state index contributed by atoms with van der Waals surface area (Å²) in [4.78, 5) is 30.3. The molecule has 0 radical (unpaired) electrons. The molecule has 0 bridgehead atoms. The van der Waals surface area contributed by atoms with Gasteiger partial charge in [-0.25, -0.2) is 13.4 Å². The lowest BCUT2D eigenvalue weighted by Crippen LogP contribution is -2.40. The standard InChI is InChI=1S/C14H17N3O5S2/c1-16(11-2-5-24(20,21)9-11)12(18)8-22-13(19)6-10-7-17-3-4-23-14(17)15-10/h3-4,7,11H,2,5-6,8-9H2,1H3/t11-/m1/s1. The molecule has 8 nitrogen and oxygen atoms in total. The van der Waals surface area contributed by atoms with Gasteiger partial charge in [-0.05, 0) is 6.42 Å². The third kappa shape index (κ3) is 3.75. The molecule has 1 aliphatic heterocycles. The largest absolute Gasteiger partial charge is 0.455 e. The molecule has 1 saturated heterocycles. The monoisotopic (exact) mass is 371 g/mol. The van der Waals surface area contributed by atoms with Crippen LogP contribution in [0.4, 0.5) is 0 Å². The fourth-order valence-electron chi connectivity index (χ4n) is 2.59. The first-order valence-corrected chi connectivity index (χ1v) is 10.1. The van der Waals surface area contributed by atoms with Crippen molar-refractivity contribution < 1.29 is 22.7 Å². The van der Waals surface area contributed by atoms with Crippen LogP contribution < -0.4 is 0 Å². The van der Waals surface area contributed by atoms with E-state index in [4.69, 9.17) is 4.74 Å². The smallest absolute Gasteiger partial charge is 0.312 e. The van der Waals surface area contributed by atoms with Gasteiger partial charge in [-0.2, -0.15) is 0 Å². The van der Waals surface area contributed by atoms with E-state index >= 15 is 0 Å². The van der Waals surface area contributed by atoms with Gasteiger partial charge in [0.15, 0.2) is 21.4 Å². The number of fused-ring (bicyclic) bond motifs is 1. The van der Waals surface area contributed by atoms with E-state index in [0.29, 0.717) is 12.1 Å². The Balaban J connectivity index is 1.48. The van der Waals surface area contributed by atoms with E-state index in [1.54, 1.807) is 6.20 Å². The lowest BCUT2D eigenvalue weighted by Gasteiger charge is -2.23. The van der Waals surface area contributed by atoms with E-state index in [2.05, 4.69) is 4.98 Å². The molecule has 0 aromatic carbocycles. The van der Waals surface area contributed by atoms with Crippen LogP contribution >= 0.6 is 11.3 Å². The van der Waals surface area contributed by atoms with Gasteiger partial charge in [-0.1, -0.05) is 0 Å². The summed E-state index contributed by atoms with van der Waals surface area (Å²) in [5.74, 6) is -0.890. The average Bonchev–Trinajstić information content (AvgIpc) is 3.18. The lowest BCUT2D eigenvalue weighted by atomic mass is 10.2. The number of imidazole rings is 1. The number of amides is 1. The van der Waals surface area contributed by atoms with Gasteiger partial charge >= 0.3 is 5.97 Å². The Labute approximate surface area is 143 Å². The molecule has 10 heteroatoms. The number of sulfone groups is 1. The number of carbonyl (C=O) groups excluding carboxylic acids is 2. The summed E-state index contributed by atoms with van der Waals surface area (Å²) >= 11 is 1.46. The Morgan fingerprint density at radius 2 is 2.29 bits per heavy atom. The molecule has 130 valence electrons. The second kappa shape index (κ2) is 6.52. The Hall–Kier alpha value is -1.94. The highest BCUT2D eigenvalue weighted by Crippen LogP contribution is 2.16. The van der Waals surface area contributed by atoms with Crippen LogP contribution in [-0.4, -0.2) is 65.8 Å². The van der Waals surface area contributed by atoms with Gasteiger partial charge in [0.1, 0.15) is 0 Å². The van der Waals surface area contributed by atoms with Gasteiger partial charge in [-0.3, -0.25) is 14.0 Å². The maximum atomic E-state index is 12.0. The minimum atomic E-state index is -3.06. The number of aromatic nitrogens is 2. The zero-order valence-electron chi connectivity index (χ0n) is 13.0. The molecule has 3 rings (SSSR count). The number of ether oxygens (including phenoxy) is 1. The van der Waals surface area contributed by atoms with Crippen LogP contribution in [0.5, 0.6) is 0 Å². The third-order valence-corrected chi connectivity index (χ3v) is 6.50. The fraction of sp³-hybridized carbons (Fsp3) is 0.500. The van der Waals surface area contributed by atoms with Crippen molar-refractivity contribution in [3.8, 4) is 0 Å². The predicted molar refractivity (Wildman–Crippen MR) is 87.6 cm³/mol. The first-order valence-electron chi connectivity index (χ1n) is 7.37. The second-order valence-corrected chi connectivity index (χ2v) is 8.83. The number of likely N-dealkylation sites (N-methyl/N-ethyl adjacent to an activating group) is 1. The van der Waals surface area contributed by atoms with Crippen LogP contribution in [0.2, 0.25) is 0 Å². The van der Waals surface area contributed by atoms with Crippen molar-refractivity contribution in [2.24, 2.45) is 0 Å². The quantitative estimate of drug-likeness (QED) is 0.693. The Bertz CT molecular complexity index is 841. The molecule has 0 N–H and O–H groups in total. The molecule has 0 unspecified atom stereocenters. The normalized spacial score (nSPS) is 19.5. The average molecular weight is 371 g/mol. The lowest BCUT2D eigenvalue weighted by molar-refractivity contribution is -0.151. The van der Waals surface area contributed by atoms with E-state index in [0.717, 1.165) is 4.96 Å². The Morgan fingerprint density at radius 3 is 2.96 bits per heavy atom. The van der Waals surface area contributed by atoms with Crippen LogP contribution in [0.15, 0.2) is 17.8 Å². The van der Waals surface area contributed by atoms with Crippen molar-refractivity contribution in [3.05, 3.63) is 23.5 Å². The fourth-order valence-corrected chi connectivity index (χ4v) is 5.08. The number of carbonyl (C=O) groups is 2. The first kappa shape index (κ1) is 16.9. The number of esters is 1. The van der Waals surface area contributed by atoms with E-state index in [9.17, 15) is 18.0 Å². The molecule has 2 aromatic rings. The van der Waals surface area contributed by atoms with Gasteiger partial charge < -0.3 is 9.64 Å². The van der Waals surface area contributed by atoms with Crippen LogP contribution in [0.25, 0.3) is 4.96 Å². The zero-order valence-corrected chi connectivity index (χ0v) is 14.7. The third-order valence-electron chi connectivity index (χ3n) is 3.97. The number of rotatable bonds is 5. The molecular weight excluding hydrogens is 354 g/mol. The topological polar surface area (TPSA) is 98.0 Å². The van der Waals surface area contributed by atoms with Crippen LogP contribution in [0, 0.1) is 0 Å². The Morgan fingerprint density at radius 1 is 1.50 bits per heavy atom. The van der Waals surface area contributed by atoms with Gasteiger partial charge in [0, 0.05) is 30.9 Å². The van der Waals surface area contributed by atoms with Gasteiger partial charge in [0.2, 0.25) is 0 Å². The number of nitrogens with zero attached hydrogens (tertiary/aromatic N) is 3. The molecule has 2 aromatic heterocycles. The summed E-state index contributed by atoms with van der Waals surface area (Å²) in [5, 5.41) is 1.89. The highest BCUT2D eigenvalue weighted by atomic mass is 32.2. The molecule has 0 saturated carbocycles. The van der Waals surface area contributed by atoms with Crippen LogP contribution in [0.3, 0.4) is 0 Å². The maximum absolute atomic E-state index is 12.0. The molecule has 1 amide bonds. The number of hydrogen-bond acceptors (Lipinski definition) is 7. The number of thiazole rings is 1. The Kier molecular flexibility index (Phi) is 4.59. The summed E-state index contributed by atoms with van der Waals surface area (Å²) in [5.41, 5.74) is 0.578. The molecule has 0 aliphatic carbocycles. The molecule has 0 spiro atoms. The summed E-state index contributed by atoms with van der Waals surface area (Å²) < 4.78 is 29.7. The van der Waals surface area contributed by atoms with E-state index in [1.165, 1.54) is 23.3 Å². The minimum Gasteiger partial charge on any atom is -0.455 e. The van der Waals surface area contributed by atoms with E-state index < -0.39 is 28.3 Å². The van der Waals surface area contributed by atoms with Crippen molar-refractivity contribution >= 4 is 38.0 Å². The molecule has 1 fully saturated rings. The van der Waals surface area contributed by atoms with Gasteiger partial charge in [-0.15, -0.1) is 11.3 Å². The number of hydrogen-bond donors (Lipinski definition) is 0. The highest BCUT2D eigenvalue weighted by molar-refractivity contribution is 7.91. The molecule has 24 heavy (non-hydrogen) atoms. The minimum absolute atomic E-state index is 0.0107. The van der Waals surface area contributed by atoms with Crippen LogP contribution in [-0.2, 0) is 30.6 Å². The summed E-state index contributed by atoms with van der Waals surface area (Å²) in [7, 11) is -1.53. The van der Waals surface area contributed by atoms with Crippen molar-refractivity contribution in [1.82, 2.24) is 14.3 Å². The van der Waals surface area contributed by atoms with Crippen LogP contribution in [0.1, 0.15) is 12.1 Å². The summed E-state index contributed by atoms with van der Waals surface area (Å²) in [6.45, 7) is -0.395. The van der Waals surface area contributed by atoms with E-state index in [-0.39, 0.29) is 24.0 Å². The van der Waals surface area contributed by atoms with Gasteiger partial charge in [0.05, 0.1) is 23.6 Å². The summed E-state index contributed by atoms with van der Waals surface area (Å²) in [6, 6.07) is -0.346. The molecule has 1 atom stereocenters. The van der Waals surface area contributed by atoms with E-state index in [1.807, 2.05) is 16.0 Å². The van der Waals surface area contributed by atoms with Crippen molar-refractivity contribution in [2.45, 2.75) is 18.9 Å². The second-order valence-electron chi connectivity index (χ2n) is 5.72. The van der Waals surface area contributed by atoms with Crippen molar-refractivity contribution in [2.75, 3.05) is 25.2 Å². The molecule has 1 aliphatic rings. The molecule has 3 heterocycles. The van der Waals surface area contributed by atoms with Crippen molar-refractivity contribution in [3.63, 3.8) is 0 Å². The zero-order chi connectivity index (χ0) is 17.3. The highest BCUT2D eigenvalue weighted by Gasteiger charge is 2.32. The maximum Gasteiger partial charge on any atom is 0.312 e. The SMILES string of the molecule is CN(C(=O)COC(=O)Cc1cn2ccsc2n1)[C@@H]1CCS(=O)(=O)C1. The van der Waals surface area contributed by atoms with Gasteiger partial charge in [0.25, 0.3) is 5.91 Å². The predicted octanol–water partition coefficient (Wildman–Crippen LogP) is 0.127. The first-order chi connectivity index (χ1) is 11.3. The summed E-state index contributed by atoms with van der Waals surface area (Å²) in [6.07, 6.45) is 3.99.